The van der Waals surface area contributed by atoms with Crippen LogP contribution in [-0.2, 0) is 0 Å². The molecule has 1 aromatic rings. The summed E-state index contributed by atoms with van der Waals surface area (Å²) in [5, 5.41) is 0. The third kappa shape index (κ3) is 8.71. The Kier molecular flexibility index (Phi) is 11.3. The van der Waals surface area contributed by atoms with Gasteiger partial charge < -0.3 is 14.7 Å². The summed E-state index contributed by atoms with van der Waals surface area (Å²) in [6.45, 7) is 31.2. The second kappa shape index (κ2) is 14.4. The number of benzene rings is 1. The Morgan fingerprint density at radius 2 is 0.729 bits per heavy atom. The number of ketones is 3. The average Bonchev–Trinajstić information content (AvgIpc) is 2.97. The molecule has 0 aliphatic carbocycles. The van der Waals surface area contributed by atoms with Crippen LogP contribution in [0.2, 0.25) is 0 Å². The average molecular weight is 658 g/mol. The van der Waals surface area contributed by atoms with E-state index in [0.717, 1.165) is 75.3 Å². The summed E-state index contributed by atoms with van der Waals surface area (Å²) in [5.74, 6) is 1.09. The van der Waals surface area contributed by atoms with Gasteiger partial charge in [-0.25, -0.2) is 0 Å². The van der Waals surface area contributed by atoms with Gasteiger partial charge in [-0.2, -0.15) is 0 Å². The van der Waals surface area contributed by atoms with Gasteiger partial charge in [-0.05, 0) is 71.5 Å². The predicted octanol–water partition coefficient (Wildman–Crippen LogP) is 9.05. The smallest absolute Gasteiger partial charge is 0.191 e. The molecule has 0 fully saturated rings. The van der Waals surface area contributed by atoms with E-state index < -0.39 is 0 Å². The predicted molar refractivity (Wildman–Crippen MR) is 198 cm³/mol. The van der Waals surface area contributed by atoms with Gasteiger partial charge in [-0.3, -0.25) is 14.4 Å². The molecule has 6 heteroatoms. The number of hydrogen-bond acceptors (Lipinski definition) is 6. The lowest BCUT2D eigenvalue weighted by molar-refractivity contribution is 0.0985. The topological polar surface area (TPSA) is 60.9 Å². The molecule has 4 rings (SSSR count). The molecule has 6 nitrogen and oxygen atoms in total. The normalized spacial score (nSPS) is 20.6. The van der Waals surface area contributed by atoms with Gasteiger partial charge >= 0.3 is 0 Å². The maximum atomic E-state index is 14.6. The van der Waals surface area contributed by atoms with Gasteiger partial charge in [0.1, 0.15) is 0 Å². The van der Waals surface area contributed by atoms with Crippen molar-refractivity contribution in [3.8, 4) is 0 Å². The number of Topliss-reactive ketones (excluding diaryl/α,β-unsaturated/α-hetero) is 3. The highest BCUT2D eigenvalue weighted by atomic mass is 16.1. The third-order valence-electron chi connectivity index (χ3n) is 10.4. The molecule has 0 amide bonds. The molecule has 1 aromatic carbocycles. The molecule has 0 spiro atoms. The monoisotopic (exact) mass is 657 g/mol. The van der Waals surface area contributed by atoms with Crippen LogP contribution in [0.5, 0.6) is 0 Å². The molecule has 3 aliphatic rings. The van der Waals surface area contributed by atoms with Crippen LogP contribution < -0.4 is 0 Å². The Balaban J connectivity index is 1.87. The van der Waals surface area contributed by atoms with Crippen molar-refractivity contribution in [2.45, 2.75) is 102 Å². The first-order chi connectivity index (χ1) is 22.2. The molecule has 0 aromatic heterocycles. The highest BCUT2D eigenvalue weighted by Crippen LogP contribution is 2.41. The summed E-state index contributed by atoms with van der Waals surface area (Å²) in [6, 6.07) is 5.26. The Morgan fingerprint density at radius 3 is 0.938 bits per heavy atom. The molecule has 264 valence electrons. The fourth-order valence-electron chi connectivity index (χ4n) is 7.36. The lowest BCUT2D eigenvalue weighted by Crippen LogP contribution is -2.37. The quantitative estimate of drug-likeness (QED) is 0.209. The maximum Gasteiger partial charge on any atom is 0.191 e. The Bertz CT molecular complexity index is 1300. The minimum Gasteiger partial charge on any atom is -0.377 e. The van der Waals surface area contributed by atoms with Gasteiger partial charge in [0, 0.05) is 91.3 Å². The van der Waals surface area contributed by atoms with Crippen molar-refractivity contribution in [3.63, 3.8) is 0 Å². The zero-order valence-corrected chi connectivity index (χ0v) is 32.1. The van der Waals surface area contributed by atoms with E-state index in [1.807, 2.05) is 18.6 Å². The number of carbonyl (C=O) groups excluding carboxylic acids is 3. The number of allylic oxidation sites excluding steroid dienone is 3. The Morgan fingerprint density at radius 1 is 0.500 bits per heavy atom. The maximum absolute atomic E-state index is 14.6. The van der Waals surface area contributed by atoms with Crippen LogP contribution >= 0.6 is 0 Å². The molecule has 0 radical (unpaired) electrons. The van der Waals surface area contributed by atoms with Crippen LogP contribution in [-0.4, -0.2) is 71.3 Å². The van der Waals surface area contributed by atoms with Crippen molar-refractivity contribution in [2.24, 2.45) is 34.0 Å². The van der Waals surface area contributed by atoms with Crippen LogP contribution in [0.1, 0.15) is 133 Å². The molecule has 0 atom stereocenters. The van der Waals surface area contributed by atoms with E-state index in [0.29, 0.717) is 34.4 Å². The van der Waals surface area contributed by atoms with Crippen LogP contribution in [0.25, 0.3) is 0 Å². The zero-order valence-electron chi connectivity index (χ0n) is 32.1. The molecule has 0 bridgehead atoms. The number of nitrogens with zero attached hydrogens (tertiary/aromatic N) is 3. The van der Waals surface area contributed by atoms with E-state index in [1.165, 1.54) is 0 Å². The second-order valence-corrected chi connectivity index (χ2v) is 18.0. The minimum atomic E-state index is -0.328. The molecule has 48 heavy (non-hydrogen) atoms. The summed E-state index contributed by atoms with van der Waals surface area (Å²) in [5.41, 5.74) is 2.46. The van der Waals surface area contributed by atoms with E-state index in [9.17, 15) is 14.4 Å². The Labute approximate surface area is 291 Å². The fourth-order valence-corrected chi connectivity index (χ4v) is 7.36. The third-order valence-corrected chi connectivity index (χ3v) is 10.4. The van der Waals surface area contributed by atoms with Crippen molar-refractivity contribution in [1.82, 2.24) is 14.7 Å². The summed E-state index contributed by atoms with van der Waals surface area (Å²) in [4.78, 5) is 50.5. The lowest BCUT2D eigenvalue weighted by atomic mass is 9.73. The molecule has 0 N–H and O–H groups in total. The zero-order chi connectivity index (χ0) is 35.8. The van der Waals surface area contributed by atoms with E-state index in [-0.39, 0.29) is 33.6 Å². The fraction of sp³-hybridized carbons (Fsp3) is 0.643. The summed E-state index contributed by atoms with van der Waals surface area (Å²) in [6.07, 6.45) is 8.70. The largest absolute Gasteiger partial charge is 0.377 e. The van der Waals surface area contributed by atoms with Gasteiger partial charge in [-0.15, -0.1) is 0 Å². The van der Waals surface area contributed by atoms with Gasteiger partial charge in [0.05, 0.1) is 0 Å². The van der Waals surface area contributed by atoms with E-state index in [2.05, 4.69) is 97.8 Å². The lowest BCUT2D eigenvalue weighted by Gasteiger charge is -2.38. The number of hydrogen-bond donors (Lipinski definition) is 0. The van der Waals surface area contributed by atoms with Gasteiger partial charge in [0.25, 0.3) is 0 Å². The second-order valence-electron chi connectivity index (χ2n) is 18.0. The van der Waals surface area contributed by atoms with Gasteiger partial charge in [0.2, 0.25) is 0 Å². The summed E-state index contributed by atoms with van der Waals surface area (Å²) in [7, 11) is 0. The van der Waals surface area contributed by atoms with Crippen LogP contribution in [0.15, 0.2) is 53.5 Å². The van der Waals surface area contributed by atoms with Crippen molar-refractivity contribution in [1.29, 1.82) is 0 Å². The van der Waals surface area contributed by atoms with Crippen LogP contribution in [0, 0.1) is 34.0 Å². The van der Waals surface area contributed by atoms with E-state index in [4.69, 9.17) is 0 Å². The molecule has 0 saturated carbocycles. The SMILES string of the molecule is CC(C)CN1C=C(C(=O)c2cc(C(=O)C3=CN(CC(C)C)CCC3(C)C)cc(C(=O)C3=CN(CC(C)C)CCC3(C)C)c2)C(C)(C)CC1. The first kappa shape index (κ1) is 37.7. The number of carbonyl (C=O) groups is 3. The van der Waals surface area contributed by atoms with E-state index in [1.54, 1.807) is 18.2 Å². The molecule has 3 heterocycles. The minimum absolute atomic E-state index is 0.103. The van der Waals surface area contributed by atoms with Gasteiger partial charge in [0.15, 0.2) is 17.3 Å². The van der Waals surface area contributed by atoms with Crippen LogP contribution in [0.3, 0.4) is 0 Å². The Hall–Kier alpha value is -3.15. The van der Waals surface area contributed by atoms with Gasteiger partial charge in [-0.1, -0.05) is 83.1 Å². The molecule has 0 saturated heterocycles. The molecular weight excluding hydrogens is 594 g/mol. The van der Waals surface area contributed by atoms with Crippen molar-refractivity contribution >= 4 is 17.3 Å². The molecule has 0 unspecified atom stereocenters. The highest BCUT2D eigenvalue weighted by molar-refractivity contribution is 6.17. The first-order valence-electron chi connectivity index (χ1n) is 18.4. The summed E-state index contributed by atoms with van der Waals surface area (Å²) < 4.78 is 0. The summed E-state index contributed by atoms with van der Waals surface area (Å²) >= 11 is 0. The van der Waals surface area contributed by atoms with Crippen molar-refractivity contribution in [2.75, 3.05) is 39.3 Å². The first-order valence-corrected chi connectivity index (χ1v) is 18.4. The van der Waals surface area contributed by atoms with Crippen molar-refractivity contribution in [3.05, 3.63) is 70.2 Å². The molecular formula is C42H63N3O3. The van der Waals surface area contributed by atoms with Crippen LogP contribution in [0.4, 0.5) is 0 Å². The standard InChI is InChI=1S/C42H63N3O3/c1-28(2)22-43-16-13-40(7,8)34(25-43)37(46)31-19-32(38(47)35-26-44(23-29(3)4)17-14-41(35,9)10)21-33(20-31)39(48)36-27-45(24-30(5)6)18-15-42(36,11)12/h19-21,25-30H,13-18,22-24H2,1-12H3. The number of rotatable bonds is 12. The van der Waals surface area contributed by atoms with Crippen molar-refractivity contribution < 1.29 is 14.4 Å². The molecule has 3 aliphatic heterocycles. The van der Waals surface area contributed by atoms with E-state index >= 15 is 0 Å². The highest BCUT2D eigenvalue weighted by Gasteiger charge is 2.38.